The number of benzene rings is 2. The van der Waals surface area contributed by atoms with Crippen LogP contribution >= 0.6 is 0 Å². The van der Waals surface area contributed by atoms with E-state index in [1.165, 1.54) is 16.5 Å². The second kappa shape index (κ2) is 5.92. The van der Waals surface area contributed by atoms with Gasteiger partial charge in [0.15, 0.2) is 0 Å². The SMILES string of the molecule is O=C(CCc1c[nH]c2ccccc12)NC1CC1c1ccccc1. The van der Waals surface area contributed by atoms with E-state index in [9.17, 15) is 4.79 Å². The van der Waals surface area contributed by atoms with E-state index >= 15 is 0 Å². The number of para-hydroxylation sites is 1. The third kappa shape index (κ3) is 3.00. The molecule has 1 amide bonds. The first-order valence-corrected chi connectivity index (χ1v) is 8.20. The zero-order chi connectivity index (χ0) is 15.6. The fourth-order valence-corrected chi connectivity index (χ4v) is 3.29. The molecule has 0 bridgehead atoms. The number of amides is 1. The van der Waals surface area contributed by atoms with Gasteiger partial charge in [0.1, 0.15) is 0 Å². The lowest BCUT2D eigenvalue weighted by Gasteiger charge is -2.05. The number of nitrogens with one attached hydrogen (secondary N) is 2. The van der Waals surface area contributed by atoms with E-state index in [4.69, 9.17) is 0 Å². The van der Waals surface area contributed by atoms with Crippen LogP contribution in [0.25, 0.3) is 10.9 Å². The van der Waals surface area contributed by atoms with Gasteiger partial charge < -0.3 is 10.3 Å². The summed E-state index contributed by atoms with van der Waals surface area (Å²) in [6, 6.07) is 19.0. The summed E-state index contributed by atoms with van der Waals surface area (Å²) in [5, 5.41) is 4.38. The van der Waals surface area contributed by atoms with Crippen LogP contribution in [0.4, 0.5) is 0 Å². The number of H-pyrrole nitrogens is 1. The number of rotatable bonds is 5. The maximum Gasteiger partial charge on any atom is 0.220 e. The van der Waals surface area contributed by atoms with E-state index in [2.05, 4.69) is 46.7 Å². The highest BCUT2D eigenvalue weighted by atomic mass is 16.1. The number of hydrogen-bond donors (Lipinski definition) is 2. The third-order valence-corrected chi connectivity index (χ3v) is 4.66. The fraction of sp³-hybridized carbons (Fsp3) is 0.250. The van der Waals surface area contributed by atoms with Crippen LogP contribution in [-0.2, 0) is 11.2 Å². The number of aromatic nitrogens is 1. The van der Waals surface area contributed by atoms with Crippen molar-refractivity contribution in [3.8, 4) is 0 Å². The van der Waals surface area contributed by atoms with Crippen LogP contribution in [0.1, 0.15) is 29.9 Å². The summed E-state index contributed by atoms with van der Waals surface area (Å²) >= 11 is 0. The van der Waals surface area contributed by atoms with Gasteiger partial charge >= 0.3 is 0 Å². The molecular formula is C20H20N2O. The second-order valence-corrected chi connectivity index (χ2v) is 6.29. The Bertz CT molecular complexity index is 822. The standard InChI is InChI=1S/C20H20N2O/c23-20(22-19-12-17(19)14-6-2-1-3-7-14)11-10-15-13-21-18-9-5-4-8-16(15)18/h1-9,13,17,19,21H,10-12H2,(H,22,23). The Balaban J connectivity index is 1.31. The minimum absolute atomic E-state index is 0.152. The molecule has 2 unspecified atom stereocenters. The molecule has 23 heavy (non-hydrogen) atoms. The molecule has 3 aromatic rings. The highest BCUT2D eigenvalue weighted by Crippen LogP contribution is 2.40. The molecule has 0 aliphatic heterocycles. The van der Waals surface area contributed by atoms with Crippen LogP contribution in [0.3, 0.4) is 0 Å². The molecule has 2 N–H and O–H groups in total. The number of aromatic amines is 1. The number of fused-ring (bicyclic) bond motifs is 1. The molecule has 1 fully saturated rings. The van der Waals surface area contributed by atoms with Crippen molar-refractivity contribution in [1.82, 2.24) is 10.3 Å². The van der Waals surface area contributed by atoms with Crippen LogP contribution in [0.15, 0.2) is 60.8 Å². The Morgan fingerprint density at radius 1 is 1.09 bits per heavy atom. The van der Waals surface area contributed by atoms with E-state index < -0.39 is 0 Å². The van der Waals surface area contributed by atoms with Crippen molar-refractivity contribution in [2.75, 3.05) is 0 Å². The number of carbonyl (C=O) groups excluding carboxylic acids is 1. The van der Waals surface area contributed by atoms with Crippen molar-refractivity contribution in [3.63, 3.8) is 0 Å². The number of aryl methyl sites for hydroxylation is 1. The summed E-state index contributed by atoms with van der Waals surface area (Å²) in [5.74, 6) is 0.645. The summed E-state index contributed by atoms with van der Waals surface area (Å²) in [7, 11) is 0. The van der Waals surface area contributed by atoms with E-state index in [1.807, 2.05) is 24.4 Å². The molecule has 1 aliphatic rings. The molecule has 1 saturated carbocycles. The Hall–Kier alpha value is -2.55. The topological polar surface area (TPSA) is 44.9 Å². The predicted octanol–water partition coefficient (Wildman–Crippen LogP) is 3.77. The van der Waals surface area contributed by atoms with Gasteiger partial charge in [-0.3, -0.25) is 4.79 Å². The third-order valence-electron chi connectivity index (χ3n) is 4.66. The van der Waals surface area contributed by atoms with Gasteiger partial charge in [0.05, 0.1) is 0 Å². The number of carbonyl (C=O) groups is 1. The average molecular weight is 304 g/mol. The quantitative estimate of drug-likeness (QED) is 0.740. The zero-order valence-corrected chi connectivity index (χ0v) is 13.0. The highest BCUT2D eigenvalue weighted by Gasteiger charge is 2.39. The second-order valence-electron chi connectivity index (χ2n) is 6.29. The Morgan fingerprint density at radius 2 is 1.87 bits per heavy atom. The monoisotopic (exact) mass is 304 g/mol. The molecular weight excluding hydrogens is 284 g/mol. The Kier molecular flexibility index (Phi) is 3.62. The van der Waals surface area contributed by atoms with Crippen molar-refractivity contribution in [3.05, 3.63) is 71.9 Å². The molecule has 0 saturated heterocycles. The lowest BCUT2D eigenvalue weighted by molar-refractivity contribution is -0.121. The van der Waals surface area contributed by atoms with E-state index in [0.29, 0.717) is 18.4 Å². The highest BCUT2D eigenvalue weighted by molar-refractivity contribution is 5.84. The van der Waals surface area contributed by atoms with Gasteiger partial charge in [-0.2, -0.15) is 0 Å². The summed E-state index contributed by atoms with van der Waals surface area (Å²) in [5.41, 5.74) is 3.68. The Labute approximate surface area is 135 Å². The first-order chi connectivity index (χ1) is 11.3. The van der Waals surface area contributed by atoms with Crippen molar-refractivity contribution in [2.45, 2.75) is 31.2 Å². The predicted molar refractivity (Wildman–Crippen MR) is 92.4 cm³/mol. The van der Waals surface area contributed by atoms with Gasteiger partial charge in [0.25, 0.3) is 0 Å². The summed E-state index contributed by atoms with van der Waals surface area (Å²) in [6.07, 6.45) is 4.39. The van der Waals surface area contributed by atoms with Crippen molar-refractivity contribution >= 4 is 16.8 Å². The summed E-state index contributed by atoms with van der Waals surface area (Å²) in [6.45, 7) is 0. The van der Waals surface area contributed by atoms with Crippen LogP contribution in [0, 0.1) is 0 Å². The molecule has 1 aromatic heterocycles. The molecule has 3 heteroatoms. The van der Waals surface area contributed by atoms with Crippen LogP contribution < -0.4 is 5.32 Å². The first-order valence-electron chi connectivity index (χ1n) is 8.20. The van der Waals surface area contributed by atoms with Crippen LogP contribution in [0.5, 0.6) is 0 Å². The maximum absolute atomic E-state index is 12.2. The van der Waals surface area contributed by atoms with Gasteiger partial charge in [0, 0.05) is 35.5 Å². The Morgan fingerprint density at radius 3 is 2.74 bits per heavy atom. The van der Waals surface area contributed by atoms with Crippen molar-refractivity contribution in [2.24, 2.45) is 0 Å². The van der Waals surface area contributed by atoms with Gasteiger partial charge in [-0.15, -0.1) is 0 Å². The largest absolute Gasteiger partial charge is 0.361 e. The minimum atomic E-state index is 0.152. The molecule has 0 spiro atoms. The number of hydrogen-bond acceptors (Lipinski definition) is 1. The molecule has 1 heterocycles. The van der Waals surface area contributed by atoms with Crippen molar-refractivity contribution < 1.29 is 4.79 Å². The van der Waals surface area contributed by atoms with E-state index in [-0.39, 0.29) is 5.91 Å². The van der Waals surface area contributed by atoms with Crippen LogP contribution in [0.2, 0.25) is 0 Å². The summed E-state index contributed by atoms with van der Waals surface area (Å²) in [4.78, 5) is 15.4. The molecule has 116 valence electrons. The van der Waals surface area contributed by atoms with E-state index in [1.54, 1.807) is 0 Å². The first kappa shape index (κ1) is 14.1. The van der Waals surface area contributed by atoms with Gasteiger partial charge in [0.2, 0.25) is 5.91 Å². The van der Waals surface area contributed by atoms with Gasteiger partial charge in [-0.05, 0) is 30.0 Å². The molecule has 2 atom stereocenters. The smallest absolute Gasteiger partial charge is 0.220 e. The molecule has 0 radical (unpaired) electrons. The van der Waals surface area contributed by atoms with Gasteiger partial charge in [-0.1, -0.05) is 48.5 Å². The van der Waals surface area contributed by atoms with Gasteiger partial charge in [-0.25, -0.2) is 0 Å². The molecule has 4 rings (SSSR count). The van der Waals surface area contributed by atoms with E-state index in [0.717, 1.165) is 18.4 Å². The van der Waals surface area contributed by atoms with Crippen LogP contribution in [-0.4, -0.2) is 16.9 Å². The maximum atomic E-state index is 12.2. The minimum Gasteiger partial charge on any atom is -0.361 e. The van der Waals surface area contributed by atoms with Crippen molar-refractivity contribution in [1.29, 1.82) is 0 Å². The molecule has 1 aliphatic carbocycles. The molecule has 3 nitrogen and oxygen atoms in total. The average Bonchev–Trinajstić information content (AvgIpc) is 3.23. The lowest BCUT2D eigenvalue weighted by Crippen LogP contribution is -2.26. The zero-order valence-electron chi connectivity index (χ0n) is 13.0. The molecule has 2 aromatic carbocycles. The lowest BCUT2D eigenvalue weighted by atomic mass is 10.1. The fourth-order valence-electron chi connectivity index (χ4n) is 3.29. The summed E-state index contributed by atoms with van der Waals surface area (Å²) < 4.78 is 0. The normalized spacial score (nSPS) is 19.7.